The summed E-state index contributed by atoms with van der Waals surface area (Å²) < 4.78 is 18.2. The van der Waals surface area contributed by atoms with Gasteiger partial charge in [-0.05, 0) is 18.2 Å². The fraction of sp³-hybridized carbons (Fsp3) is 0.286. The molecule has 0 radical (unpaired) electrons. The van der Waals surface area contributed by atoms with Crippen molar-refractivity contribution in [2.75, 3.05) is 36.9 Å². The van der Waals surface area contributed by atoms with E-state index in [0.717, 1.165) is 36.7 Å². The minimum Gasteiger partial charge on any atom is -0.397 e. The van der Waals surface area contributed by atoms with Crippen LogP contribution in [0, 0.1) is 5.82 Å². The maximum absolute atomic E-state index is 12.9. The quantitative estimate of drug-likeness (QED) is 0.844. The first-order valence-corrected chi connectivity index (χ1v) is 6.44. The zero-order chi connectivity index (χ0) is 13.9. The number of ether oxygens (including phenoxy) is 1. The van der Waals surface area contributed by atoms with Gasteiger partial charge in [0.15, 0.2) is 11.6 Å². The highest BCUT2D eigenvalue weighted by Gasteiger charge is 2.15. The lowest BCUT2D eigenvalue weighted by atomic mass is 10.1. The Balaban J connectivity index is 1.95. The number of nitrogen functional groups attached to an aromatic ring is 1. The molecule has 0 unspecified atom stereocenters. The molecule has 20 heavy (non-hydrogen) atoms. The van der Waals surface area contributed by atoms with E-state index in [0.29, 0.717) is 24.7 Å². The highest BCUT2D eigenvalue weighted by Crippen LogP contribution is 2.28. The van der Waals surface area contributed by atoms with E-state index in [1.54, 1.807) is 0 Å². The minimum absolute atomic E-state index is 0.447. The number of morpholine rings is 1. The molecule has 0 spiro atoms. The Hall–Kier alpha value is -2.21. The first-order chi connectivity index (χ1) is 9.74. The molecule has 6 heteroatoms. The Bertz CT molecular complexity index is 597. The van der Waals surface area contributed by atoms with E-state index in [-0.39, 0.29) is 0 Å². The van der Waals surface area contributed by atoms with Gasteiger partial charge >= 0.3 is 0 Å². The molecular weight excluding hydrogens is 259 g/mol. The average Bonchev–Trinajstić information content (AvgIpc) is 2.50. The molecule has 1 aliphatic rings. The van der Waals surface area contributed by atoms with Crippen molar-refractivity contribution in [3.8, 4) is 11.4 Å². The number of nitrogens with zero attached hydrogens (tertiary/aromatic N) is 3. The Morgan fingerprint density at radius 1 is 1.15 bits per heavy atom. The van der Waals surface area contributed by atoms with Gasteiger partial charge in [0.25, 0.3) is 0 Å². The number of benzene rings is 1. The van der Waals surface area contributed by atoms with E-state index in [9.17, 15) is 4.39 Å². The van der Waals surface area contributed by atoms with E-state index in [1.807, 2.05) is 18.2 Å². The number of aromatic nitrogens is 2. The second kappa shape index (κ2) is 5.42. The van der Waals surface area contributed by atoms with Crippen LogP contribution in [0.2, 0.25) is 0 Å². The monoisotopic (exact) mass is 274 g/mol. The molecule has 3 rings (SSSR count). The van der Waals surface area contributed by atoms with Gasteiger partial charge in [0.05, 0.1) is 37.0 Å². The molecular formula is C14H15FN4O. The molecule has 2 aromatic rings. The molecule has 1 aliphatic heterocycles. The second-order valence-electron chi connectivity index (χ2n) is 4.60. The summed E-state index contributed by atoms with van der Waals surface area (Å²) in [5.74, 6) is 0.0403. The standard InChI is InChI=1S/C14H15FN4O/c15-11-8-17-14(18-9-11)10-1-2-12(16)13(7-10)19-3-5-20-6-4-19/h1-2,7-9H,3-6,16H2. The topological polar surface area (TPSA) is 64.3 Å². The van der Waals surface area contributed by atoms with Crippen LogP contribution in [0.3, 0.4) is 0 Å². The summed E-state index contributed by atoms with van der Waals surface area (Å²) in [5.41, 5.74) is 8.51. The molecule has 0 atom stereocenters. The van der Waals surface area contributed by atoms with E-state index < -0.39 is 5.82 Å². The summed E-state index contributed by atoms with van der Waals surface area (Å²) in [5, 5.41) is 0. The first-order valence-electron chi connectivity index (χ1n) is 6.44. The lowest BCUT2D eigenvalue weighted by Gasteiger charge is -2.30. The molecule has 0 saturated carbocycles. The van der Waals surface area contributed by atoms with Gasteiger partial charge in [-0.25, -0.2) is 14.4 Å². The van der Waals surface area contributed by atoms with Gasteiger partial charge in [-0.15, -0.1) is 0 Å². The van der Waals surface area contributed by atoms with Crippen LogP contribution in [0.5, 0.6) is 0 Å². The van der Waals surface area contributed by atoms with Crippen LogP contribution in [0.15, 0.2) is 30.6 Å². The van der Waals surface area contributed by atoms with Crippen molar-refractivity contribution < 1.29 is 9.13 Å². The van der Waals surface area contributed by atoms with Crippen LogP contribution in [0.1, 0.15) is 0 Å². The van der Waals surface area contributed by atoms with Crippen LogP contribution >= 0.6 is 0 Å². The molecule has 1 fully saturated rings. The summed E-state index contributed by atoms with van der Waals surface area (Å²) in [7, 11) is 0. The van der Waals surface area contributed by atoms with Gasteiger partial charge in [-0.3, -0.25) is 0 Å². The molecule has 5 nitrogen and oxygen atoms in total. The van der Waals surface area contributed by atoms with Crippen molar-refractivity contribution in [3.63, 3.8) is 0 Å². The lowest BCUT2D eigenvalue weighted by Crippen LogP contribution is -2.36. The Morgan fingerprint density at radius 2 is 1.85 bits per heavy atom. The van der Waals surface area contributed by atoms with Crippen molar-refractivity contribution in [3.05, 3.63) is 36.4 Å². The van der Waals surface area contributed by atoms with Gasteiger partial charge in [0.2, 0.25) is 0 Å². The predicted molar refractivity (Wildman–Crippen MR) is 74.9 cm³/mol. The summed E-state index contributed by atoms with van der Waals surface area (Å²) >= 11 is 0. The maximum Gasteiger partial charge on any atom is 0.159 e. The zero-order valence-corrected chi connectivity index (χ0v) is 10.9. The molecule has 104 valence electrons. The summed E-state index contributed by atoms with van der Waals surface area (Å²) in [6.45, 7) is 2.99. The third-order valence-electron chi connectivity index (χ3n) is 3.26. The minimum atomic E-state index is -0.447. The van der Waals surface area contributed by atoms with Crippen molar-refractivity contribution in [2.24, 2.45) is 0 Å². The average molecular weight is 274 g/mol. The van der Waals surface area contributed by atoms with Gasteiger partial charge in [-0.2, -0.15) is 0 Å². The molecule has 0 aliphatic carbocycles. The van der Waals surface area contributed by atoms with Crippen LogP contribution < -0.4 is 10.6 Å². The lowest BCUT2D eigenvalue weighted by molar-refractivity contribution is 0.123. The van der Waals surface area contributed by atoms with Gasteiger partial charge in [0, 0.05) is 18.7 Å². The molecule has 0 amide bonds. The summed E-state index contributed by atoms with van der Waals surface area (Å²) in [4.78, 5) is 10.2. The largest absolute Gasteiger partial charge is 0.397 e. The van der Waals surface area contributed by atoms with E-state index in [1.165, 1.54) is 0 Å². The predicted octanol–water partition coefficient (Wildman–Crippen LogP) is 1.70. The molecule has 0 bridgehead atoms. The number of rotatable bonds is 2. The van der Waals surface area contributed by atoms with Gasteiger partial charge < -0.3 is 15.4 Å². The van der Waals surface area contributed by atoms with E-state index >= 15 is 0 Å². The van der Waals surface area contributed by atoms with Gasteiger partial charge in [-0.1, -0.05) is 0 Å². The van der Waals surface area contributed by atoms with Crippen molar-refractivity contribution >= 4 is 11.4 Å². The van der Waals surface area contributed by atoms with Crippen molar-refractivity contribution in [2.45, 2.75) is 0 Å². The summed E-state index contributed by atoms with van der Waals surface area (Å²) in [6.07, 6.45) is 2.32. The van der Waals surface area contributed by atoms with Crippen LogP contribution in [-0.2, 0) is 4.74 Å². The fourth-order valence-electron chi connectivity index (χ4n) is 2.22. The van der Waals surface area contributed by atoms with E-state index in [2.05, 4.69) is 14.9 Å². The number of anilines is 2. The van der Waals surface area contributed by atoms with Crippen molar-refractivity contribution in [1.29, 1.82) is 0 Å². The normalized spacial score (nSPS) is 15.3. The Kier molecular flexibility index (Phi) is 3.47. The van der Waals surface area contributed by atoms with Crippen LogP contribution in [0.4, 0.5) is 15.8 Å². The highest BCUT2D eigenvalue weighted by molar-refractivity contribution is 5.74. The van der Waals surface area contributed by atoms with Crippen molar-refractivity contribution in [1.82, 2.24) is 9.97 Å². The van der Waals surface area contributed by atoms with Crippen LogP contribution in [-0.4, -0.2) is 36.3 Å². The third kappa shape index (κ3) is 2.55. The Morgan fingerprint density at radius 3 is 2.55 bits per heavy atom. The number of hydrogen-bond donors (Lipinski definition) is 1. The fourth-order valence-corrected chi connectivity index (χ4v) is 2.22. The second-order valence-corrected chi connectivity index (χ2v) is 4.60. The molecule has 2 heterocycles. The van der Waals surface area contributed by atoms with E-state index in [4.69, 9.17) is 10.5 Å². The van der Waals surface area contributed by atoms with Gasteiger partial charge in [0.1, 0.15) is 0 Å². The molecule has 1 saturated heterocycles. The number of nitrogens with two attached hydrogens (primary N) is 1. The first kappa shape index (κ1) is 12.8. The Labute approximate surface area is 116 Å². The molecule has 1 aromatic carbocycles. The third-order valence-corrected chi connectivity index (χ3v) is 3.26. The summed E-state index contributed by atoms with van der Waals surface area (Å²) in [6, 6.07) is 5.60. The highest BCUT2D eigenvalue weighted by atomic mass is 19.1. The SMILES string of the molecule is Nc1ccc(-c2ncc(F)cn2)cc1N1CCOCC1. The number of hydrogen-bond acceptors (Lipinski definition) is 5. The number of halogens is 1. The zero-order valence-electron chi connectivity index (χ0n) is 10.9. The molecule has 1 aromatic heterocycles. The smallest absolute Gasteiger partial charge is 0.159 e. The van der Waals surface area contributed by atoms with Crippen LogP contribution in [0.25, 0.3) is 11.4 Å². The maximum atomic E-state index is 12.9. The molecule has 2 N–H and O–H groups in total.